The fraction of sp³-hybridized carbons (Fsp3) is 0.278. The van der Waals surface area contributed by atoms with Crippen LogP contribution in [-0.4, -0.2) is 24.1 Å². The van der Waals surface area contributed by atoms with Crippen LogP contribution in [0.4, 0.5) is 0 Å². The van der Waals surface area contributed by atoms with Gasteiger partial charge in [-0.3, -0.25) is 9.59 Å². The molecule has 0 aliphatic rings. The first-order chi connectivity index (χ1) is 11.6. The Morgan fingerprint density at radius 1 is 1.17 bits per heavy atom. The molecule has 0 unspecified atom stereocenters. The van der Waals surface area contributed by atoms with Crippen molar-refractivity contribution < 1.29 is 9.59 Å². The second-order valence-electron chi connectivity index (χ2n) is 5.69. The van der Waals surface area contributed by atoms with Crippen LogP contribution in [0.5, 0.6) is 0 Å². The fourth-order valence-electron chi connectivity index (χ4n) is 2.11. The van der Waals surface area contributed by atoms with E-state index in [0.29, 0.717) is 0 Å². The van der Waals surface area contributed by atoms with Gasteiger partial charge in [-0.15, -0.1) is 11.3 Å². The maximum absolute atomic E-state index is 12.3. The normalized spacial score (nSPS) is 12.3. The van der Waals surface area contributed by atoms with Crippen LogP contribution < -0.4 is 10.7 Å². The van der Waals surface area contributed by atoms with Gasteiger partial charge in [-0.2, -0.15) is 5.10 Å². The van der Waals surface area contributed by atoms with E-state index in [-0.39, 0.29) is 24.2 Å². The predicted molar refractivity (Wildman–Crippen MR) is 97.0 cm³/mol. The molecule has 24 heavy (non-hydrogen) atoms. The highest BCUT2D eigenvalue weighted by molar-refractivity contribution is 7.10. The van der Waals surface area contributed by atoms with Crippen molar-refractivity contribution in [2.75, 3.05) is 0 Å². The maximum Gasteiger partial charge on any atom is 0.262 e. The van der Waals surface area contributed by atoms with Gasteiger partial charge < -0.3 is 5.32 Å². The van der Waals surface area contributed by atoms with E-state index < -0.39 is 6.04 Å². The minimum atomic E-state index is -0.620. The van der Waals surface area contributed by atoms with Gasteiger partial charge >= 0.3 is 0 Å². The fourth-order valence-corrected chi connectivity index (χ4v) is 2.81. The van der Waals surface area contributed by atoms with Crippen LogP contribution in [0.3, 0.4) is 0 Å². The molecule has 5 nitrogen and oxygen atoms in total. The third-order valence-corrected chi connectivity index (χ3v) is 4.24. The van der Waals surface area contributed by atoms with Gasteiger partial charge in [-0.05, 0) is 22.9 Å². The van der Waals surface area contributed by atoms with Gasteiger partial charge in [0.25, 0.3) is 5.91 Å². The number of amides is 2. The van der Waals surface area contributed by atoms with Crippen LogP contribution in [0.1, 0.15) is 24.3 Å². The van der Waals surface area contributed by atoms with Gasteiger partial charge in [-0.1, -0.05) is 50.2 Å². The zero-order valence-corrected chi connectivity index (χ0v) is 14.5. The summed E-state index contributed by atoms with van der Waals surface area (Å²) in [5.74, 6) is -0.528. The number of hydrazone groups is 1. The maximum atomic E-state index is 12.3. The molecule has 0 aliphatic carbocycles. The molecule has 0 radical (unpaired) electrons. The van der Waals surface area contributed by atoms with Crippen LogP contribution in [-0.2, 0) is 16.0 Å². The van der Waals surface area contributed by atoms with Crippen LogP contribution in [0.2, 0.25) is 0 Å². The molecule has 1 atom stereocenters. The highest BCUT2D eigenvalue weighted by Crippen LogP contribution is 2.10. The average Bonchev–Trinajstić information content (AvgIpc) is 3.06. The van der Waals surface area contributed by atoms with E-state index >= 15 is 0 Å². The molecule has 0 saturated heterocycles. The SMILES string of the molecule is CC(C)[C@H](NC(=O)Cc1cccs1)C(=O)NN=Cc1ccccc1. The number of carbonyl (C=O) groups is 2. The molecule has 2 amide bonds. The highest BCUT2D eigenvalue weighted by Gasteiger charge is 2.24. The largest absolute Gasteiger partial charge is 0.344 e. The van der Waals surface area contributed by atoms with Gasteiger partial charge in [0.15, 0.2) is 0 Å². The number of hydrogen-bond donors (Lipinski definition) is 2. The van der Waals surface area contributed by atoms with Crippen molar-refractivity contribution in [3.63, 3.8) is 0 Å². The van der Waals surface area contributed by atoms with Gasteiger partial charge in [0.1, 0.15) is 6.04 Å². The van der Waals surface area contributed by atoms with Crippen molar-refractivity contribution in [3.8, 4) is 0 Å². The second-order valence-corrected chi connectivity index (χ2v) is 6.72. The Hall–Kier alpha value is -2.47. The molecular weight excluding hydrogens is 322 g/mol. The van der Waals surface area contributed by atoms with Crippen molar-refractivity contribution in [1.82, 2.24) is 10.7 Å². The number of thiophene rings is 1. The zero-order chi connectivity index (χ0) is 17.4. The number of rotatable bonds is 7. The summed E-state index contributed by atoms with van der Waals surface area (Å²) in [5, 5.41) is 8.66. The summed E-state index contributed by atoms with van der Waals surface area (Å²) in [6.45, 7) is 3.77. The Kier molecular flexibility index (Phi) is 6.69. The van der Waals surface area contributed by atoms with E-state index in [0.717, 1.165) is 10.4 Å². The average molecular weight is 343 g/mol. The van der Waals surface area contributed by atoms with Crippen LogP contribution in [0, 0.1) is 5.92 Å². The second kappa shape index (κ2) is 8.98. The molecule has 1 heterocycles. The highest BCUT2D eigenvalue weighted by atomic mass is 32.1. The van der Waals surface area contributed by atoms with Crippen molar-refractivity contribution in [2.24, 2.45) is 11.0 Å². The van der Waals surface area contributed by atoms with E-state index in [2.05, 4.69) is 15.8 Å². The van der Waals surface area contributed by atoms with Crippen molar-refractivity contribution in [2.45, 2.75) is 26.3 Å². The van der Waals surface area contributed by atoms with Crippen LogP contribution in [0.15, 0.2) is 52.9 Å². The van der Waals surface area contributed by atoms with Gasteiger partial charge in [0.05, 0.1) is 12.6 Å². The first kappa shape index (κ1) is 17.9. The van der Waals surface area contributed by atoms with E-state index in [1.54, 1.807) is 6.21 Å². The van der Waals surface area contributed by atoms with Crippen molar-refractivity contribution in [3.05, 3.63) is 58.3 Å². The van der Waals surface area contributed by atoms with E-state index in [9.17, 15) is 9.59 Å². The molecule has 0 bridgehead atoms. The quantitative estimate of drug-likeness (QED) is 0.599. The summed E-state index contributed by atoms with van der Waals surface area (Å²) >= 11 is 1.52. The summed E-state index contributed by atoms with van der Waals surface area (Å²) in [5.41, 5.74) is 3.38. The minimum absolute atomic E-state index is 0.0378. The molecule has 2 rings (SSSR count). The Bertz CT molecular complexity index is 682. The predicted octanol–water partition coefficient (Wildman–Crippen LogP) is 2.58. The van der Waals surface area contributed by atoms with Gasteiger partial charge in [-0.25, -0.2) is 5.43 Å². The number of nitrogens with zero attached hydrogens (tertiary/aromatic N) is 1. The monoisotopic (exact) mass is 343 g/mol. The third kappa shape index (κ3) is 5.62. The van der Waals surface area contributed by atoms with E-state index in [1.807, 2.05) is 61.7 Å². The Morgan fingerprint density at radius 2 is 1.92 bits per heavy atom. The lowest BCUT2D eigenvalue weighted by Crippen LogP contribution is -2.49. The van der Waals surface area contributed by atoms with E-state index in [1.165, 1.54) is 11.3 Å². The lowest BCUT2D eigenvalue weighted by molar-refractivity contribution is -0.129. The summed E-state index contributed by atoms with van der Waals surface area (Å²) in [7, 11) is 0. The molecule has 2 aromatic rings. The standard InChI is InChI=1S/C18H21N3O2S/c1-13(2)17(20-16(22)11-15-9-6-10-24-15)18(23)21-19-12-14-7-4-3-5-8-14/h3-10,12-13,17H,11H2,1-2H3,(H,20,22)(H,21,23)/t17-/m0/s1. The smallest absolute Gasteiger partial charge is 0.262 e. The molecular formula is C18H21N3O2S. The zero-order valence-electron chi connectivity index (χ0n) is 13.7. The molecule has 126 valence electrons. The molecule has 2 N–H and O–H groups in total. The Morgan fingerprint density at radius 3 is 2.54 bits per heavy atom. The molecule has 6 heteroatoms. The third-order valence-electron chi connectivity index (χ3n) is 3.37. The lowest BCUT2D eigenvalue weighted by Gasteiger charge is -2.20. The summed E-state index contributed by atoms with van der Waals surface area (Å²) in [6, 6.07) is 12.7. The molecule has 0 fully saturated rings. The molecule has 0 spiro atoms. The number of hydrogen-bond acceptors (Lipinski definition) is 4. The van der Waals surface area contributed by atoms with Gasteiger partial charge in [0.2, 0.25) is 5.91 Å². The lowest BCUT2D eigenvalue weighted by atomic mass is 10.0. The summed E-state index contributed by atoms with van der Waals surface area (Å²) in [4.78, 5) is 25.3. The first-order valence-electron chi connectivity index (χ1n) is 7.76. The Balaban J connectivity index is 1.90. The number of benzene rings is 1. The van der Waals surface area contributed by atoms with Crippen molar-refractivity contribution in [1.29, 1.82) is 0 Å². The topological polar surface area (TPSA) is 70.6 Å². The van der Waals surface area contributed by atoms with Crippen LogP contribution >= 0.6 is 11.3 Å². The molecule has 1 aromatic heterocycles. The van der Waals surface area contributed by atoms with Crippen molar-refractivity contribution >= 4 is 29.4 Å². The van der Waals surface area contributed by atoms with E-state index in [4.69, 9.17) is 0 Å². The first-order valence-corrected chi connectivity index (χ1v) is 8.64. The molecule has 0 aliphatic heterocycles. The molecule has 0 saturated carbocycles. The van der Waals surface area contributed by atoms with Crippen LogP contribution in [0.25, 0.3) is 0 Å². The number of carbonyl (C=O) groups excluding carboxylic acids is 2. The summed E-state index contributed by atoms with van der Waals surface area (Å²) < 4.78 is 0. The minimum Gasteiger partial charge on any atom is -0.344 e. The molecule has 1 aromatic carbocycles. The van der Waals surface area contributed by atoms with Gasteiger partial charge in [0, 0.05) is 4.88 Å². The number of nitrogens with one attached hydrogen (secondary N) is 2. The summed E-state index contributed by atoms with van der Waals surface area (Å²) in [6.07, 6.45) is 1.85. The Labute approximate surface area is 145 Å².